The number of hydrogen-bond acceptors (Lipinski definition) is 3. The van der Waals surface area contributed by atoms with E-state index in [0.29, 0.717) is 6.04 Å². The van der Waals surface area contributed by atoms with Crippen LogP contribution in [0.5, 0.6) is 0 Å². The summed E-state index contributed by atoms with van der Waals surface area (Å²) in [5.74, 6) is 0. The van der Waals surface area contributed by atoms with Gasteiger partial charge in [0.05, 0.1) is 17.4 Å². The van der Waals surface area contributed by atoms with Gasteiger partial charge >= 0.3 is 0 Å². The Labute approximate surface area is 149 Å². The van der Waals surface area contributed by atoms with Crippen molar-refractivity contribution in [3.8, 4) is 0 Å². The second-order valence-corrected chi connectivity index (χ2v) is 7.32. The summed E-state index contributed by atoms with van der Waals surface area (Å²) in [6.45, 7) is 4.28. The van der Waals surface area contributed by atoms with Gasteiger partial charge in [-0.1, -0.05) is 36.4 Å². The van der Waals surface area contributed by atoms with Crippen LogP contribution in [0, 0.1) is 0 Å². The molecule has 0 aliphatic carbocycles. The lowest BCUT2D eigenvalue weighted by Gasteiger charge is -2.20. The number of imidazole rings is 1. The Morgan fingerprint density at radius 3 is 2.64 bits per heavy atom. The van der Waals surface area contributed by atoms with Crippen molar-refractivity contribution in [1.29, 1.82) is 0 Å². The quantitative estimate of drug-likeness (QED) is 0.716. The number of fused-ring (bicyclic) bond motifs is 1. The Hall–Kier alpha value is -2.17. The first-order chi connectivity index (χ1) is 12.2. The molecule has 4 heteroatoms. The van der Waals surface area contributed by atoms with Crippen molar-refractivity contribution >= 4 is 11.0 Å². The van der Waals surface area contributed by atoms with Crippen molar-refractivity contribution < 1.29 is 0 Å². The number of benzene rings is 2. The molecule has 2 heterocycles. The lowest BCUT2D eigenvalue weighted by molar-refractivity contribution is 0.264. The minimum absolute atomic E-state index is 0.695. The molecule has 0 bridgehead atoms. The van der Waals surface area contributed by atoms with Gasteiger partial charge in [-0.25, -0.2) is 4.98 Å². The molecule has 1 fully saturated rings. The number of nitrogens with zero attached hydrogens (tertiary/aromatic N) is 4. The number of aromatic nitrogens is 2. The normalized spacial score (nSPS) is 18.4. The van der Waals surface area contributed by atoms with Gasteiger partial charge in [0.25, 0.3) is 0 Å². The molecule has 0 radical (unpaired) electrons. The Bertz CT molecular complexity index is 852. The maximum atomic E-state index is 4.50. The molecule has 1 aliphatic heterocycles. The highest BCUT2D eigenvalue weighted by atomic mass is 15.2. The second kappa shape index (κ2) is 6.98. The zero-order valence-corrected chi connectivity index (χ0v) is 15.1. The van der Waals surface area contributed by atoms with Crippen molar-refractivity contribution in [3.63, 3.8) is 0 Å². The van der Waals surface area contributed by atoms with E-state index < -0.39 is 0 Å². The van der Waals surface area contributed by atoms with E-state index in [1.165, 1.54) is 36.2 Å². The zero-order valence-electron chi connectivity index (χ0n) is 15.1. The van der Waals surface area contributed by atoms with E-state index in [1.54, 1.807) is 0 Å². The summed E-state index contributed by atoms with van der Waals surface area (Å²) >= 11 is 0. The van der Waals surface area contributed by atoms with Gasteiger partial charge in [0.1, 0.15) is 0 Å². The lowest BCUT2D eigenvalue weighted by atomic mass is 10.1. The van der Waals surface area contributed by atoms with Crippen molar-refractivity contribution in [1.82, 2.24) is 19.4 Å². The van der Waals surface area contributed by atoms with Crippen LogP contribution in [0.3, 0.4) is 0 Å². The van der Waals surface area contributed by atoms with Crippen molar-refractivity contribution in [2.24, 2.45) is 0 Å². The van der Waals surface area contributed by atoms with Gasteiger partial charge in [-0.3, -0.25) is 4.90 Å². The fourth-order valence-corrected chi connectivity index (χ4v) is 3.79. The number of rotatable bonds is 5. The molecule has 4 rings (SSSR count). The lowest BCUT2D eigenvalue weighted by Crippen LogP contribution is -2.31. The van der Waals surface area contributed by atoms with Crippen molar-refractivity contribution in [2.75, 3.05) is 27.2 Å². The maximum absolute atomic E-state index is 4.50. The Balaban J connectivity index is 1.46. The van der Waals surface area contributed by atoms with Crippen LogP contribution in [0.15, 0.2) is 54.9 Å². The van der Waals surface area contributed by atoms with Crippen LogP contribution in [-0.2, 0) is 13.1 Å². The summed E-state index contributed by atoms with van der Waals surface area (Å²) in [5, 5.41) is 0. The van der Waals surface area contributed by atoms with Gasteiger partial charge in [-0.15, -0.1) is 0 Å². The first-order valence-corrected chi connectivity index (χ1v) is 9.05. The van der Waals surface area contributed by atoms with Gasteiger partial charge in [0.2, 0.25) is 0 Å². The molecule has 1 aliphatic rings. The number of likely N-dealkylation sites (N-methyl/N-ethyl adjacent to an activating group) is 1. The molecule has 0 saturated carbocycles. The van der Waals surface area contributed by atoms with Crippen LogP contribution in [0.2, 0.25) is 0 Å². The molecule has 25 heavy (non-hydrogen) atoms. The fraction of sp³-hybridized carbons (Fsp3) is 0.381. The third kappa shape index (κ3) is 3.60. The summed E-state index contributed by atoms with van der Waals surface area (Å²) in [5.41, 5.74) is 5.00. The highest BCUT2D eigenvalue weighted by Gasteiger charge is 2.23. The van der Waals surface area contributed by atoms with Crippen molar-refractivity contribution in [2.45, 2.75) is 25.6 Å². The minimum atomic E-state index is 0.695. The molecular weight excluding hydrogens is 308 g/mol. The molecule has 1 saturated heterocycles. The third-order valence-electron chi connectivity index (χ3n) is 5.26. The Kier molecular flexibility index (Phi) is 4.55. The largest absolute Gasteiger partial charge is 0.326 e. The highest BCUT2D eigenvalue weighted by molar-refractivity contribution is 5.75. The molecular formula is C21H26N4. The average Bonchev–Trinajstić information content (AvgIpc) is 3.23. The van der Waals surface area contributed by atoms with Crippen LogP contribution >= 0.6 is 0 Å². The van der Waals surface area contributed by atoms with E-state index in [4.69, 9.17) is 0 Å². The minimum Gasteiger partial charge on any atom is -0.326 e. The van der Waals surface area contributed by atoms with Gasteiger partial charge in [-0.05, 0) is 43.8 Å². The summed E-state index contributed by atoms with van der Waals surface area (Å²) < 4.78 is 2.23. The second-order valence-electron chi connectivity index (χ2n) is 7.32. The summed E-state index contributed by atoms with van der Waals surface area (Å²) in [6, 6.07) is 18.0. The molecule has 1 aromatic heterocycles. The zero-order chi connectivity index (χ0) is 17.2. The van der Waals surface area contributed by atoms with Gasteiger partial charge < -0.3 is 9.47 Å². The molecule has 0 N–H and O–H groups in total. The maximum Gasteiger partial charge on any atom is 0.0961 e. The van der Waals surface area contributed by atoms with Crippen LogP contribution < -0.4 is 0 Å². The van der Waals surface area contributed by atoms with E-state index >= 15 is 0 Å². The smallest absolute Gasteiger partial charge is 0.0961 e. The first-order valence-electron chi connectivity index (χ1n) is 9.05. The van der Waals surface area contributed by atoms with Crippen molar-refractivity contribution in [3.05, 3.63) is 66.0 Å². The molecule has 2 aromatic carbocycles. The molecule has 3 aromatic rings. The van der Waals surface area contributed by atoms with E-state index in [9.17, 15) is 0 Å². The van der Waals surface area contributed by atoms with Crippen LogP contribution in [-0.4, -0.2) is 52.6 Å². The predicted octanol–water partition coefficient (Wildman–Crippen LogP) is 3.22. The molecule has 1 unspecified atom stereocenters. The number of likely N-dealkylation sites (tertiary alicyclic amines) is 1. The van der Waals surface area contributed by atoms with Crippen LogP contribution in [0.1, 0.15) is 17.5 Å². The van der Waals surface area contributed by atoms with E-state index in [0.717, 1.165) is 18.6 Å². The monoisotopic (exact) mass is 334 g/mol. The number of para-hydroxylation sites is 2. The van der Waals surface area contributed by atoms with E-state index in [2.05, 4.69) is 75.9 Å². The summed E-state index contributed by atoms with van der Waals surface area (Å²) in [6.07, 6.45) is 3.22. The topological polar surface area (TPSA) is 24.3 Å². The Morgan fingerprint density at radius 2 is 1.84 bits per heavy atom. The van der Waals surface area contributed by atoms with E-state index in [1.807, 2.05) is 12.4 Å². The third-order valence-corrected chi connectivity index (χ3v) is 5.26. The summed E-state index contributed by atoms with van der Waals surface area (Å²) in [4.78, 5) is 9.41. The van der Waals surface area contributed by atoms with Crippen LogP contribution in [0.25, 0.3) is 11.0 Å². The molecule has 0 spiro atoms. The van der Waals surface area contributed by atoms with Gasteiger partial charge in [-0.2, -0.15) is 0 Å². The van der Waals surface area contributed by atoms with Crippen LogP contribution in [0.4, 0.5) is 0 Å². The Morgan fingerprint density at radius 1 is 1.04 bits per heavy atom. The molecule has 1 atom stereocenters. The number of hydrogen-bond donors (Lipinski definition) is 0. The standard InChI is InChI=1S/C21H26N4/c1-23(2)19-10-11-24(15-19)13-17-6-5-7-18(12-17)14-25-16-22-20-8-3-4-9-21(20)25/h3-9,12,16,19H,10-11,13-15H2,1-2H3. The van der Waals surface area contributed by atoms with Gasteiger partial charge in [0, 0.05) is 32.2 Å². The fourth-order valence-electron chi connectivity index (χ4n) is 3.79. The highest BCUT2D eigenvalue weighted by Crippen LogP contribution is 2.18. The van der Waals surface area contributed by atoms with Gasteiger partial charge in [0.15, 0.2) is 0 Å². The van der Waals surface area contributed by atoms with E-state index in [-0.39, 0.29) is 0 Å². The molecule has 130 valence electrons. The SMILES string of the molecule is CN(C)C1CCN(Cc2cccc(Cn3cnc4ccccc43)c2)C1. The predicted molar refractivity (Wildman–Crippen MR) is 103 cm³/mol. The summed E-state index contributed by atoms with van der Waals surface area (Å²) in [7, 11) is 4.37. The first kappa shape index (κ1) is 16.3. The molecule has 4 nitrogen and oxygen atoms in total. The molecule has 0 amide bonds. The average molecular weight is 334 g/mol.